The number of nitrogens with one attached hydrogen (secondary N) is 1. The lowest BCUT2D eigenvalue weighted by Crippen LogP contribution is -2.24. The average molecular weight is 296 g/mol. The normalized spacial score (nSPS) is 11.1. The molecule has 1 amide bonds. The number of hydrogen-bond donors (Lipinski definition) is 1. The SMILES string of the molecule is C=C(Cl)CNC(=O)c1ccc(SC(F)(F)F)cc1. The molecule has 2 nitrogen and oxygen atoms in total. The molecule has 0 saturated carbocycles. The van der Waals surface area contributed by atoms with Crippen molar-refractivity contribution in [3.63, 3.8) is 0 Å². The lowest BCUT2D eigenvalue weighted by Gasteiger charge is -2.07. The van der Waals surface area contributed by atoms with Gasteiger partial charge in [0.25, 0.3) is 5.91 Å². The van der Waals surface area contributed by atoms with Gasteiger partial charge in [0, 0.05) is 15.5 Å². The molecule has 0 bridgehead atoms. The van der Waals surface area contributed by atoms with E-state index in [0.29, 0.717) is 0 Å². The molecule has 0 aromatic heterocycles. The van der Waals surface area contributed by atoms with Crippen molar-refractivity contribution in [1.29, 1.82) is 0 Å². The fraction of sp³-hybridized carbons (Fsp3) is 0.182. The predicted molar refractivity (Wildman–Crippen MR) is 65.7 cm³/mol. The fourth-order valence-corrected chi connectivity index (χ4v) is 1.69. The molecule has 0 heterocycles. The molecule has 1 rings (SSSR count). The highest BCUT2D eigenvalue weighted by Gasteiger charge is 2.29. The van der Waals surface area contributed by atoms with E-state index < -0.39 is 11.4 Å². The van der Waals surface area contributed by atoms with Crippen LogP contribution < -0.4 is 5.32 Å². The van der Waals surface area contributed by atoms with Gasteiger partial charge in [-0.3, -0.25) is 4.79 Å². The summed E-state index contributed by atoms with van der Waals surface area (Å²) in [5.41, 5.74) is -4.07. The zero-order chi connectivity index (χ0) is 13.8. The first-order valence-electron chi connectivity index (χ1n) is 4.75. The van der Waals surface area contributed by atoms with Crippen molar-refractivity contribution >= 4 is 29.3 Å². The van der Waals surface area contributed by atoms with Gasteiger partial charge in [-0.25, -0.2) is 0 Å². The van der Waals surface area contributed by atoms with E-state index in [-0.39, 0.29) is 33.8 Å². The molecule has 1 aromatic rings. The Labute approximate surface area is 111 Å². The third-order valence-electron chi connectivity index (χ3n) is 1.79. The van der Waals surface area contributed by atoms with Crippen LogP contribution in [0.2, 0.25) is 0 Å². The van der Waals surface area contributed by atoms with Crippen LogP contribution in [0.15, 0.2) is 40.8 Å². The molecule has 0 spiro atoms. The van der Waals surface area contributed by atoms with E-state index in [2.05, 4.69) is 11.9 Å². The van der Waals surface area contributed by atoms with E-state index in [4.69, 9.17) is 11.6 Å². The Morgan fingerprint density at radius 3 is 2.33 bits per heavy atom. The second kappa shape index (κ2) is 6.15. The first-order valence-corrected chi connectivity index (χ1v) is 5.94. The Kier molecular flexibility index (Phi) is 5.10. The summed E-state index contributed by atoms with van der Waals surface area (Å²) in [6.45, 7) is 3.51. The summed E-state index contributed by atoms with van der Waals surface area (Å²) < 4.78 is 36.2. The molecule has 98 valence electrons. The van der Waals surface area contributed by atoms with Gasteiger partial charge in [-0.2, -0.15) is 13.2 Å². The van der Waals surface area contributed by atoms with Crippen molar-refractivity contribution in [3.05, 3.63) is 41.4 Å². The van der Waals surface area contributed by atoms with Gasteiger partial charge in [-0.1, -0.05) is 18.2 Å². The summed E-state index contributed by atoms with van der Waals surface area (Å²) in [6, 6.07) is 5.12. The molecule has 0 fully saturated rings. The molecule has 0 aliphatic heterocycles. The number of amides is 1. The zero-order valence-electron chi connectivity index (χ0n) is 9.05. The second-order valence-corrected chi connectivity index (χ2v) is 4.95. The van der Waals surface area contributed by atoms with Crippen LogP contribution in [0.4, 0.5) is 13.2 Å². The Hall–Kier alpha value is -1.14. The summed E-state index contributed by atoms with van der Waals surface area (Å²) in [5.74, 6) is -0.416. The molecule has 18 heavy (non-hydrogen) atoms. The molecule has 0 radical (unpaired) electrons. The maximum atomic E-state index is 12.1. The van der Waals surface area contributed by atoms with Crippen LogP contribution in [0.3, 0.4) is 0 Å². The van der Waals surface area contributed by atoms with Crippen LogP contribution in [0.1, 0.15) is 10.4 Å². The highest BCUT2D eigenvalue weighted by atomic mass is 35.5. The van der Waals surface area contributed by atoms with E-state index in [9.17, 15) is 18.0 Å². The molecule has 7 heteroatoms. The molecule has 0 unspecified atom stereocenters. The molecular formula is C11H9ClF3NOS. The number of alkyl halides is 3. The third-order valence-corrected chi connectivity index (χ3v) is 2.66. The molecule has 0 saturated heterocycles. The highest BCUT2D eigenvalue weighted by molar-refractivity contribution is 8.00. The summed E-state index contributed by atoms with van der Waals surface area (Å²) in [4.78, 5) is 11.5. The number of rotatable bonds is 4. The lowest BCUT2D eigenvalue weighted by atomic mass is 10.2. The number of carbonyl (C=O) groups excluding carboxylic acids is 1. The third kappa shape index (κ3) is 5.46. The first kappa shape index (κ1) is 14.9. The monoisotopic (exact) mass is 295 g/mol. The van der Waals surface area contributed by atoms with Gasteiger partial charge in [-0.05, 0) is 36.0 Å². The smallest absolute Gasteiger partial charge is 0.347 e. The Bertz CT molecular complexity index is 445. The van der Waals surface area contributed by atoms with Crippen molar-refractivity contribution in [2.75, 3.05) is 6.54 Å². The summed E-state index contributed by atoms with van der Waals surface area (Å²) in [5, 5.41) is 2.74. The largest absolute Gasteiger partial charge is 0.446 e. The fourth-order valence-electron chi connectivity index (χ4n) is 1.09. The van der Waals surface area contributed by atoms with Crippen molar-refractivity contribution in [1.82, 2.24) is 5.32 Å². The summed E-state index contributed by atoms with van der Waals surface area (Å²) >= 11 is 5.24. The van der Waals surface area contributed by atoms with Gasteiger partial charge in [0.1, 0.15) is 0 Å². The van der Waals surface area contributed by atoms with Gasteiger partial charge < -0.3 is 5.32 Å². The van der Waals surface area contributed by atoms with Crippen LogP contribution in [0, 0.1) is 0 Å². The lowest BCUT2D eigenvalue weighted by molar-refractivity contribution is -0.0328. The average Bonchev–Trinajstić information content (AvgIpc) is 2.24. The predicted octanol–water partition coefficient (Wildman–Crippen LogP) is 3.78. The summed E-state index contributed by atoms with van der Waals surface area (Å²) in [6.07, 6.45) is 0. The van der Waals surface area contributed by atoms with Crippen molar-refractivity contribution in [2.45, 2.75) is 10.4 Å². The van der Waals surface area contributed by atoms with E-state index in [1.54, 1.807) is 0 Å². The number of benzene rings is 1. The number of carbonyl (C=O) groups is 1. The van der Waals surface area contributed by atoms with Crippen LogP contribution >= 0.6 is 23.4 Å². The minimum atomic E-state index is -4.33. The molecule has 0 aliphatic carbocycles. The second-order valence-electron chi connectivity index (χ2n) is 3.27. The van der Waals surface area contributed by atoms with Crippen molar-refractivity contribution in [2.24, 2.45) is 0 Å². The molecule has 1 aromatic carbocycles. The Morgan fingerprint density at radius 2 is 1.89 bits per heavy atom. The molecule has 0 aliphatic rings. The summed E-state index contributed by atoms with van der Waals surface area (Å²) in [7, 11) is 0. The first-order chi connectivity index (χ1) is 8.28. The maximum Gasteiger partial charge on any atom is 0.446 e. The number of thioether (sulfide) groups is 1. The minimum Gasteiger partial charge on any atom is -0.347 e. The quantitative estimate of drug-likeness (QED) is 0.857. The van der Waals surface area contributed by atoms with Crippen molar-refractivity contribution < 1.29 is 18.0 Å². The Balaban J connectivity index is 2.65. The molecule has 0 atom stereocenters. The molecule has 1 N–H and O–H groups in total. The Morgan fingerprint density at radius 1 is 1.33 bits per heavy atom. The van der Waals surface area contributed by atoms with Crippen molar-refractivity contribution in [3.8, 4) is 0 Å². The number of halogens is 4. The molecular weight excluding hydrogens is 287 g/mol. The van der Waals surface area contributed by atoms with Crippen LogP contribution in [-0.4, -0.2) is 18.0 Å². The van der Waals surface area contributed by atoms with E-state index >= 15 is 0 Å². The topological polar surface area (TPSA) is 29.1 Å². The van der Waals surface area contributed by atoms with E-state index in [0.717, 1.165) is 0 Å². The maximum absolute atomic E-state index is 12.1. The minimum absolute atomic E-state index is 0.0285. The van der Waals surface area contributed by atoms with Gasteiger partial charge in [-0.15, -0.1) is 0 Å². The van der Waals surface area contributed by atoms with Crippen LogP contribution in [-0.2, 0) is 0 Å². The zero-order valence-corrected chi connectivity index (χ0v) is 10.6. The van der Waals surface area contributed by atoms with E-state index in [1.165, 1.54) is 24.3 Å². The standard InChI is InChI=1S/C11H9ClF3NOS/c1-7(12)6-16-10(17)8-2-4-9(5-3-8)18-11(13,14)15/h2-5H,1,6H2,(H,16,17). The van der Waals surface area contributed by atoms with Crippen LogP contribution in [0.25, 0.3) is 0 Å². The van der Waals surface area contributed by atoms with Crippen LogP contribution in [0.5, 0.6) is 0 Å². The van der Waals surface area contributed by atoms with E-state index in [1.807, 2.05) is 0 Å². The number of hydrogen-bond acceptors (Lipinski definition) is 2. The van der Waals surface area contributed by atoms with Gasteiger partial charge in [0.2, 0.25) is 0 Å². The van der Waals surface area contributed by atoms with Gasteiger partial charge in [0.15, 0.2) is 0 Å². The van der Waals surface area contributed by atoms with Gasteiger partial charge in [0.05, 0.1) is 6.54 Å². The van der Waals surface area contributed by atoms with Gasteiger partial charge >= 0.3 is 5.51 Å². The highest BCUT2D eigenvalue weighted by Crippen LogP contribution is 2.36.